The number of rotatable bonds is 6. The summed E-state index contributed by atoms with van der Waals surface area (Å²) in [4.78, 5) is 9.69. The van der Waals surface area contributed by atoms with E-state index in [2.05, 4.69) is 38.9 Å². The van der Waals surface area contributed by atoms with Crippen molar-refractivity contribution in [3.8, 4) is 11.6 Å². The first-order valence-corrected chi connectivity index (χ1v) is 8.62. The van der Waals surface area contributed by atoms with Crippen LogP contribution in [0.3, 0.4) is 0 Å². The molecular formula is C18H20N4OS. The van der Waals surface area contributed by atoms with Crippen molar-refractivity contribution in [3.05, 3.63) is 58.0 Å². The van der Waals surface area contributed by atoms with Crippen LogP contribution in [-0.4, -0.2) is 16.5 Å². The van der Waals surface area contributed by atoms with Crippen LogP contribution >= 0.6 is 11.3 Å². The number of hydrogen-bond donors (Lipinski definition) is 2. The second-order valence-corrected chi connectivity index (χ2v) is 6.65. The van der Waals surface area contributed by atoms with Crippen LogP contribution in [0.1, 0.15) is 16.0 Å². The Morgan fingerprint density at radius 3 is 2.67 bits per heavy atom. The molecule has 0 unspecified atom stereocenters. The third-order valence-corrected chi connectivity index (χ3v) is 4.44. The zero-order valence-electron chi connectivity index (χ0n) is 13.7. The minimum Gasteiger partial charge on any atom is -0.437 e. The van der Waals surface area contributed by atoms with Crippen molar-refractivity contribution >= 4 is 22.8 Å². The highest BCUT2D eigenvalue weighted by Crippen LogP contribution is 2.30. The Balaban J connectivity index is 1.70. The van der Waals surface area contributed by atoms with Crippen molar-refractivity contribution < 1.29 is 4.74 Å². The van der Waals surface area contributed by atoms with Crippen LogP contribution in [0, 0.1) is 13.8 Å². The summed E-state index contributed by atoms with van der Waals surface area (Å²) in [7, 11) is 0. The Hall–Kier alpha value is -2.60. The minimum atomic E-state index is 0.369. The maximum absolute atomic E-state index is 6.16. The van der Waals surface area contributed by atoms with E-state index < -0.39 is 0 Å². The van der Waals surface area contributed by atoms with Crippen LogP contribution in [0.15, 0.2) is 42.0 Å². The number of nitrogens with one attached hydrogen (secondary N) is 1. The number of nitrogens with zero attached hydrogens (tertiary/aromatic N) is 2. The first kappa shape index (κ1) is 16.3. The van der Waals surface area contributed by atoms with Crippen molar-refractivity contribution in [1.29, 1.82) is 0 Å². The highest BCUT2D eigenvalue weighted by Gasteiger charge is 2.10. The number of aryl methyl sites for hydroxylation is 2. The average molecular weight is 340 g/mol. The highest BCUT2D eigenvalue weighted by atomic mass is 32.1. The number of aromatic nitrogens is 2. The SMILES string of the molecule is Cc1cc(C)cc(Oc2ncnc(NCCc3cccs3)c2N)c1. The number of nitrogen functional groups attached to an aromatic ring is 1. The monoisotopic (exact) mass is 340 g/mol. The third-order valence-electron chi connectivity index (χ3n) is 3.50. The lowest BCUT2D eigenvalue weighted by molar-refractivity contribution is 0.464. The molecule has 0 bridgehead atoms. The summed E-state index contributed by atoms with van der Waals surface area (Å²) < 4.78 is 5.85. The lowest BCUT2D eigenvalue weighted by atomic mass is 10.1. The Kier molecular flexibility index (Phi) is 4.96. The molecular weight excluding hydrogens is 320 g/mol. The molecule has 0 radical (unpaired) electrons. The van der Waals surface area contributed by atoms with Crippen LogP contribution in [0.25, 0.3) is 0 Å². The van der Waals surface area contributed by atoms with Gasteiger partial charge in [-0.3, -0.25) is 0 Å². The molecule has 0 amide bonds. The summed E-state index contributed by atoms with van der Waals surface area (Å²) in [6, 6.07) is 10.2. The number of hydrogen-bond acceptors (Lipinski definition) is 6. The van der Waals surface area contributed by atoms with Gasteiger partial charge in [0.2, 0.25) is 5.88 Å². The van der Waals surface area contributed by atoms with E-state index in [1.54, 1.807) is 11.3 Å². The fraction of sp³-hybridized carbons (Fsp3) is 0.222. The van der Waals surface area contributed by atoms with Gasteiger partial charge < -0.3 is 15.8 Å². The van der Waals surface area contributed by atoms with Gasteiger partial charge in [0.1, 0.15) is 17.8 Å². The van der Waals surface area contributed by atoms with Gasteiger partial charge in [-0.1, -0.05) is 12.1 Å². The Bertz CT molecular complexity index is 798. The largest absolute Gasteiger partial charge is 0.437 e. The molecule has 3 rings (SSSR count). The van der Waals surface area contributed by atoms with Crippen LogP contribution in [-0.2, 0) is 6.42 Å². The molecule has 0 aliphatic carbocycles. The summed E-state index contributed by atoms with van der Waals surface area (Å²) in [5.41, 5.74) is 8.84. The molecule has 0 saturated carbocycles. The normalized spacial score (nSPS) is 10.6. The second kappa shape index (κ2) is 7.31. The van der Waals surface area contributed by atoms with Gasteiger partial charge in [-0.15, -0.1) is 11.3 Å². The fourth-order valence-corrected chi connectivity index (χ4v) is 3.17. The quantitative estimate of drug-likeness (QED) is 0.704. The highest BCUT2D eigenvalue weighted by molar-refractivity contribution is 7.09. The fourth-order valence-electron chi connectivity index (χ4n) is 2.46. The second-order valence-electron chi connectivity index (χ2n) is 5.62. The number of ether oxygens (including phenoxy) is 1. The predicted molar refractivity (Wildman–Crippen MR) is 98.9 cm³/mol. The van der Waals surface area contributed by atoms with E-state index in [1.807, 2.05) is 26.0 Å². The summed E-state index contributed by atoms with van der Waals surface area (Å²) in [5, 5.41) is 5.32. The van der Waals surface area contributed by atoms with Gasteiger partial charge >= 0.3 is 0 Å². The van der Waals surface area contributed by atoms with E-state index in [0.717, 1.165) is 29.8 Å². The summed E-state index contributed by atoms with van der Waals surface area (Å²) in [5.74, 6) is 1.69. The number of nitrogens with two attached hydrogens (primary N) is 1. The molecule has 0 atom stereocenters. The van der Waals surface area contributed by atoms with E-state index in [-0.39, 0.29) is 0 Å². The van der Waals surface area contributed by atoms with E-state index in [0.29, 0.717) is 17.4 Å². The van der Waals surface area contributed by atoms with Crippen molar-refractivity contribution in [2.45, 2.75) is 20.3 Å². The maximum atomic E-state index is 6.16. The van der Waals surface area contributed by atoms with E-state index in [1.165, 1.54) is 11.2 Å². The zero-order valence-corrected chi connectivity index (χ0v) is 14.6. The lowest BCUT2D eigenvalue weighted by Crippen LogP contribution is -2.09. The van der Waals surface area contributed by atoms with Gasteiger partial charge in [-0.05, 0) is 55.0 Å². The average Bonchev–Trinajstić information content (AvgIpc) is 3.03. The molecule has 0 saturated heterocycles. The van der Waals surface area contributed by atoms with Crippen molar-refractivity contribution in [2.75, 3.05) is 17.6 Å². The summed E-state index contributed by atoms with van der Waals surface area (Å²) in [6.07, 6.45) is 2.39. The molecule has 0 spiro atoms. The summed E-state index contributed by atoms with van der Waals surface area (Å²) >= 11 is 1.74. The van der Waals surface area contributed by atoms with Crippen LogP contribution in [0.2, 0.25) is 0 Å². The maximum Gasteiger partial charge on any atom is 0.248 e. The zero-order chi connectivity index (χ0) is 16.9. The molecule has 5 nitrogen and oxygen atoms in total. The Morgan fingerprint density at radius 1 is 1.17 bits per heavy atom. The molecule has 0 fully saturated rings. The molecule has 0 aliphatic rings. The van der Waals surface area contributed by atoms with Gasteiger partial charge in [0, 0.05) is 11.4 Å². The molecule has 6 heteroatoms. The van der Waals surface area contributed by atoms with Crippen molar-refractivity contribution in [2.24, 2.45) is 0 Å². The topological polar surface area (TPSA) is 73.1 Å². The molecule has 0 aliphatic heterocycles. The molecule has 3 aromatic rings. The van der Waals surface area contributed by atoms with Crippen LogP contribution in [0.5, 0.6) is 11.6 Å². The van der Waals surface area contributed by atoms with E-state index in [4.69, 9.17) is 10.5 Å². The van der Waals surface area contributed by atoms with Gasteiger partial charge in [-0.2, -0.15) is 4.98 Å². The van der Waals surface area contributed by atoms with E-state index >= 15 is 0 Å². The first-order valence-electron chi connectivity index (χ1n) is 7.74. The third kappa shape index (κ3) is 4.02. The van der Waals surface area contributed by atoms with Crippen molar-refractivity contribution in [1.82, 2.24) is 9.97 Å². The lowest BCUT2D eigenvalue weighted by Gasteiger charge is -2.12. The van der Waals surface area contributed by atoms with Gasteiger partial charge in [0.15, 0.2) is 5.82 Å². The number of anilines is 2. The van der Waals surface area contributed by atoms with E-state index in [9.17, 15) is 0 Å². The molecule has 24 heavy (non-hydrogen) atoms. The Labute approximate surface area is 145 Å². The molecule has 3 N–H and O–H groups in total. The molecule has 124 valence electrons. The predicted octanol–water partition coefficient (Wildman–Crippen LogP) is 4.18. The number of thiophene rings is 1. The molecule has 2 aromatic heterocycles. The summed E-state index contributed by atoms with van der Waals surface area (Å²) in [6.45, 7) is 4.81. The molecule has 1 aromatic carbocycles. The molecule has 2 heterocycles. The van der Waals surface area contributed by atoms with Gasteiger partial charge in [0.25, 0.3) is 0 Å². The smallest absolute Gasteiger partial charge is 0.248 e. The first-order chi connectivity index (χ1) is 11.6. The van der Waals surface area contributed by atoms with Crippen LogP contribution < -0.4 is 15.8 Å². The van der Waals surface area contributed by atoms with Crippen molar-refractivity contribution in [3.63, 3.8) is 0 Å². The van der Waals surface area contributed by atoms with Gasteiger partial charge in [0.05, 0.1) is 0 Å². The van der Waals surface area contributed by atoms with Crippen LogP contribution in [0.4, 0.5) is 11.5 Å². The van der Waals surface area contributed by atoms with Gasteiger partial charge in [-0.25, -0.2) is 4.98 Å². The standard InChI is InChI=1S/C18H20N4OS/c1-12-8-13(2)10-14(9-12)23-18-16(19)17(21-11-22-18)20-6-5-15-4-3-7-24-15/h3-4,7-11H,5-6,19H2,1-2H3,(H,20,21,22). The minimum absolute atomic E-state index is 0.369. The Morgan fingerprint density at radius 2 is 1.96 bits per heavy atom. The number of benzene rings is 1.